The molecule has 1 atom stereocenters. The molecule has 1 nitrogen and oxygen atoms in total. The molecular formula is C19H21ClO. The van der Waals surface area contributed by atoms with Gasteiger partial charge in [-0.25, -0.2) is 0 Å². The van der Waals surface area contributed by atoms with Gasteiger partial charge in [-0.15, -0.1) is 0 Å². The summed E-state index contributed by atoms with van der Waals surface area (Å²) in [6, 6.07) is 16.5. The second-order valence-electron chi connectivity index (χ2n) is 6.19. The van der Waals surface area contributed by atoms with Crippen LogP contribution in [0.15, 0.2) is 48.5 Å². The van der Waals surface area contributed by atoms with Gasteiger partial charge < -0.3 is 5.11 Å². The number of benzene rings is 2. The van der Waals surface area contributed by atoms with Crippen molar-refractivity contribution in [3.8, 4) is 0 Å². The number of halogens is 1. The lowest BCUT2D eigenvalue weighted by molar-refractivity contribution is 0.0286. The average molecular weight is 301 g/mol. The number of rotatable bonds is 4. The summed E-state index contributed by atoms with van der Waals surface area (Å²) in [4.78, 5) is 0. The third-order valence-corrected chi connectivity index (χ3v) is 5.21. The zero-order valence-corrected chi connectivity index (χ0v) is 13.1. The molecule has 2 heteroatoms. The van der Waals surface area contributed by atoms with E-state index < -0.39 is 0 Å². The van der Waals surface area contributed by atoms with E-state index in [2.05, 4.69) is 30.3 Å². The maximum absolute atomic E-state index is 10.9. The Morgan fingerprint density at radius 2 is 1.86 bits per heavy atom. The zero-order valence-electron chi connectivity index (χ0n) is 12.3. The zero-order chi connectivity index (χ0) is 14.9. The summed E-state index contributed by atoms with van der Waals surface area (Å²) in [5, 5.41) is 11.6. The summed E-state index contributed by atoms with van der Waals surface area (Å²) >= 11 is 6.32. The molecule has 0 radical (unpaired) electrons. The van der Waals surface area contributed by atoms with Crippen molar-refractivity contribution < 1.29 is 5.11 Å². The van der Waals surface area contributed by atoms with Crippen LogP contribution in [0.4, 0.5) is 0 Å². The van der Waals surface area contributed by atoms with Crippen LogP contribution in [0.2, 0.25) is 5.02 Å². The maximum atomic E-state index is 10.9. The quantitative estimate of drug-likeness (QED) is 0.869. The Labute approximate surface area is 131 Å². The molecule has 1 saturated carbocycles. The van der Waals surface area contributed by atoms with Crippen molar-refractivity contribution in [1.29, 1.82) is 0 Å². The van der Waals surface area contributed by atoms with Crippen molar-refractivity contribution in [3.63, 3.8) is 0 Å². The van der Waals surface area contributed by atoms with E-state index in [9.17, 15) is 5.11 Å². The molecule has 2 aromatic rings. The van der Waals surface area contributed by atoms with Gasteiger partial charge in [0.1, 0.15) is 0 Å². The summed E-state index contributed by atoms with van der Waals surface area (Å²) in [6.07, 6.45) is 3.54. The molecule has 0 heterocycles. The van der Waals surface area contributed by atoms with Crippen molar-refractivity contribution in [2.45, 2.75) is 44.1 Å². The summed E-state index contributed by atoms with van der Waals surface area (Å²) in [5.74, 6) is 0. The Morgan fingerprint density at radius 3 is 2.43 bits per heavy atom. The fraction of sp³-hybridized carbons (Fsp3) is 0.368. The van der Waals surface area contributed by atoms with Gasteiger partial charge in [-0.3, -0.25) is 0 Å². The molecule has 1 unspecified atom stereocenters. The van der Waals surface area contributed by atoms with Crippen LogP contribution in [0, 0.1) is 6.92 Å². The Morgan fingerprint density at radius 1 is 1.14 bits per heavy atom. The van der Waals surface area contributed by atoms with Gasteiger partial charge in [0.05, 0.1) is 6.10 Å². The van der Waals surface area contributed by atoms with Crippen LogP contribution in [0.3, 0.4) is 0 Å². The minimum Gasteiger partial charge on any atom is -0.392 e. The van der Waals surface area contributed by atoms with E-state index in [1.807, 2.05) is 25.1 Å². The molecule has 0 spiro atoms. The van der Waals surface area contributed by atoms with E-state index in [4.69, 9.17) is 11.6 Å². The third-order valence-electron chi connectivity index (χ3n) is 4.85. The molecule has 1 N–H and O–H groups in total. The van der Waals surface area contributed by atoms with Crippen molar-refractivity contribution in [3.05, 3.63) is 70.2 Å². The van der Waals surface area contributed by atoms with Gasteiger partial charge in [0.2, 0.25) is 0 Å². The minimum absolute atomic E-state index is 0.0878. The van der Waals surface area contributed by atoms with E-state index in [1.165, 1.54) is 12.0 Å². The van der Waals surface area contributed by atoms with E-state index in [1.54, 1.807) is 0 Å². The van der Waals surface area contributed by atoms with Crippen LogP contribution in [-0.2, 0) is 11.8 Å². The molecular weight excluding hydrogens is 280 g/mol. The normalized spacial score (nSPS) is 18.0. The predicted octanol–water partition coefficient (Wildman–Crippen LogP) is 4.67. The molecule has 1 fully saturated rings. The van der Waals surface area contributed by atoms with Crippen LogP contribution in [0.5, 0.6) is 0 Å². The van der Waals surface area contributed by atoms with Crippen molar-refractivity contribution in [2.75, 3.05) is 0 Å². The van der Waals surface area contributed by atoms with Gasteiger partial charge in [-0.2, -0.15) is 0 Å². The fourth-order valence-electron chi connectivity index (χ4n) is 3.36. The highest BCUT2D eigenvalue weighted by molar-refractivity contribution is 6.31. The number of aliphatic hydroxyl groups is 1. The van der Waals surface area contributed by atoms with E-state index in [-0.39, 0.29) is 11.5 Å². The number of aryl methyl sites for hydroxylation is 1. The summed E-state index contributed by atoms with van der Waals surface area (Å²) in [6.45, 7) is 2.03. The van der Waals surface area contributed by atoms with Crippen molar-refractivity contribution in [2.24, 2.45) is 0 Å². The van der Waals surface area contributed by atoms with Crippen molar-refractivity contribution in [1.82, 2.24) is 0 Å². The lowest BCUT2D eigenvalue weighted by Crippen LogP contribution is -2.46. The fourth-order valence-corrected chi connectivity index (χ4v) is 3.68. The van der Waals surface area contributed by atoms with Gasteiger partial charge in [0.25, 0.3) is 0 Å². The molecule has 1 aliphatic carbocycles. The standard InChI is InChI=1S/C19H21ClO/c1-14-8-9-15(17(20)12-14)13-18(21)19(10-5-11-19)16-6-3-2-4-7-16/h2-4,6-9,12,18,21H,5,10-11,13H2,1H3. The average Bonchev–Trinajstić information content (AvgIpc) is 2.42. The number of aliphatic hydroxyl groups excluding tert-OH is 1. The summed E-state index contributed by atoms with van der Waals surface area (Å²) < 4.78 is 0. The van der Waals surface area contributed by atoms with Crippen LogP contribution in [0.1, 0.15) is 36.0 Å². The van der Waals surface area contributed by atoms with E-state index in [0.29, 0.717) is 6.42 Å². The molecule has 0 amide bonds. The largest absolute Gasteiger partial charge is 0.392 e. The summed E-state index contributed by atoms with van der Waals surface area (Å²) in [5.41, 5.74) is 3.36. The van der Waals surface area contributed by atoms with Crippen LogP contribution >= 0.6 is 11.6 Å². The van der Waals surface area contributed by atoms with Crippen LogP contribution in [-0.4, -0.2) is 11.2 Å². The first-order valence-electron chi connectivity index (χ1n) is 7.60. The van der Waals surface area contributed by atoms with Gasteiger partial charge in [-0.1, -0.05) is 60.5 Å². The minimum atomic E-state index is -0.381. The Bertz CT molecular complexity index is 617. The predicted molar refractivity (Wildman–Crippen MR) is 87.9 cm³/mol. The number of hydrogen-bond donors (Lipinski definition) is 1. The third kappa shape index (κ3) is 2.73. The van der Waals surface area contributed by atoms with Crippen molar-refractivity contribution >= 4 is 11.6 Å². The molecule has 21 heavy (non-hydrogen) atoms. The van der Waals surface area contributed by atoms with Crippen LogP contribution < -0.4 is 0 Å². The van der Waals surface area contributed by atoms with E-state index in [0.717, 1.165) is 29.0 Å². The maximum Gasteiger partial charge on any atom is 0.0677 e. The Kier molecular flexibility index (Phi) is 4.05. The summed E-state index contributed by atoms with van der Waals surface area (Å²) in [7, 11) is 0. The van der Waals surface area contributed by atoms with Gasteiger partial charge in [0.15, 0.2) is 0 Å². The smallest absolute Gasteiger partial charge is 0.0677 e. The second-order valence-corrected chi connectivity index (χ2v) is 6.60. The molecule has 1 aliphatic rings. The van der Waals surface area contributed by atoms with Gasteiger partial charge in [-0.05, 0) is 42.5 Å². The highest BCUT2D eigenvalue weighted by Crippen LogP contribution is 2.47. The van der Waals surface area contributed by atoms with Crippen LogP contribution in [0.25, 0.3) is 0 Å². The monoisotopic (exact) mass is 300 g/mol. The molecule has 0 aliphatic heterocycles. The number of hydrogen-bond acceptors (Lipinski definition) is 1. The Hall–Kier alpha value is -1.31. The molecule has 0 aromatic heterocycles. The first-order valence-corrected chi connectivity index (χ1v) is 7.98. The lowest BCUT2D eigenvalue weighted by atomic mass is 9.60. The lowest BCUT2D eigenvalue weighted by Gasteiger charge is -2.46. The molecule has 0 bridgehead atoms. The van der Waals surface area contributed by atoms with E-state index >= 15 is 0 Å². The molecule has 110 valence electrons. The second kappa shape index (κ2) is 5.82. The topological polar surface area (TPSA) is 20.2 Å². The Balaban J connectivity index is 1.85. The highest BCUT2D eigenvalue weighted by atomic mass is 35.5. The first-order chi connectivity index (χ1) is 10.1. The molecule has 3 rings (SSSR count). The first kappa shape index (κ1) is 14.6. The molecule has 2 aromatic carbocycles. The SMILES string of the molecule is Cc1ccc(CC(O)C2(c3ccccc3)CCC2)c(Cl)c1. The van der Waals surface area contributed by atoms with Gasteiger partial charge in [0, 0.05) is 16.9 Å². The molecule has 0 saturated heterocycles. The highest BCUT2D eigenvalue weighted by Gasteiger charge is 2.44. The van der Waals surface area contributed by atoms with Gasteiger partial charge >= 0.3 is 0 Å².